The number of hydrogen-bond acceptors (Lipinski definition) is 9. The molecule has 250 valence electrons. The summed E-state index contributed by atoms with van der Waals surface area (Å²) >= 11 is 6.21. The van der Waals surface area contributed by atoms with Gasteiger partial charge in [0, 0.05) is 24.2 Å². The van der Waals surface area contributed by atoms with Crippen molar-refractivity contribution in [1.82, 2.24) is 4.98 Å². The number of hydrogen-bond donors (Lipinski definition) is 1. The number of carbonyl (C=O) groups is 1. The number of aromatic nitrogens is 1. The van der Waals surface area contributed by atoms with Crippen LogP contribution in [0.4, 0.5) is 24.7 Å². The van der Waals surface area contributed by atoms with E-state index in [2.05, 4.69) is 33.2 Å². The van der Waals surface area contributed by atoms with E-state index in [1.807, 2.05) is 19.9 Å². The lowest BCUT2D eigenvalue weighted by Gasteiger charge is -2.37. The van der Waals surface area contributed by atoms with Gasteiger partial charge in [-0.25, -0.2) is 4.98 Å². The van der Waals surface area contributed by atoms with Crippen LogP contribution in [0.2, 0.25) is 5.15 Å². The Morgan fingerprint density at radius 2 is 1.79 bits per heavy atom. The highest BCUT2D eigenvalue weighted by Crippen LogP contribution is 2.38. The average Bonchev–Trinajstić information content (AvgIpc) is 2.99. The summed E-state index contributed by atoms with van der Waals surface area (Å²) in [5, 5.41) is 3.90. The van der Waals surface area contributed by atoms with Gasteiger partial charge in [0.05, 0.1) is 33.9 Å². The molecule has 1 N–H and O–H groups in total. The second-order valence-electron chi connectivity index (χ2n) is 12.5. The van der Waals surface area contributed by atoms with Crippen LogP contribution in [0.25, 0.3) is 22.2 Å². The summed E-state index contributed by atoms with van der Waals surface area (Å²) in [7, 11) is -6.01. The minimum Gasteiger partial charge on any atom is -0.440 e. The number of fused-ring (bicyclic) bond motifs is 1. The lowest BCUT2D eigenvalue weighted by Crippen LogP contribution is -2.38. The molecule has 2 aromatic carbocycles. The molecular formula is C33H33ClF3N3O6S. The summed E-state index contributed by atoms with van der Waals surface area (Å²) in [4.78, 5) is 31.9. The van der Waals surface area contributed by atoms with Gasteiger partial charge in [-0.1, -0.05) is 31.5 Å². The average molecular weight is 692 g/mol. The second-order valence-corrected chi connectivity index (χ2v) is 14.4. The zero-order valence-corrected chi connectivity index (χ0v) is 27.9. The van der Waals surface area contributed by atoms with Crippen LogP contribution in [0.1, 0.15) is 66.7 Å². The molecule has 9 nitrogen and oxygen atoms in total. The molecule has 0 unspecified atom stereocenters. The maximum absolute atomic E-state index is 13.6. The number of aldehydes is 1. The first-order chi connectivity index (χ1) is 21.9. The molecule has 1 aliphatic rings. The molecule has 2 aromatic heterocycles. The maximum Gasteiger partial charge on any atom is 0.534 e. The van der Waals surface area contributed by atoms with E-state index in [-0.39, 0.29) is 33.5 Å². The van der Waals surface area contributed by atoms with Crippen LogP contribution >= 0.6 is 11.6 Å². The maximum atomic E-state index is 13.6. The van der Waals surface area contributed by atoms with E-state index in [9.17, 15) is 31.2 Å². The molecular weight excluding hydrogens is 659 g/mol. The van der Waals surface area contributed by atoms with E-state index >= 15 is 0 Å². The van der Waals surface area contributed by atoms with Gasteiger partial charge in [-0.05, 0) is 81.0 Å². The highest BCUT2D eigenvalue weighted by molar-refractivity contribution is 7.88. The Hall–Kier alpha value is -4.10. The summed E-state index contributed by atoms with van der Waals surface area (Å²) in [6, 6.07) is 9.77. The number of anilines is 2. The summed E-state index contributed by atoms with van der Waals surface area (Å²) < 4.78 is 72.6. The molecule has 1 fully saturated rings. The van der Waals surface area contributed by atoms with Gasteiger partial charge in [0.1, 0.15) is 10.7 Å². The van der Waals surface area contributed by atoms with Crippen molar-refractivity contribution >= 4 is 50.5 Å². The number of alkyl halides is 3. The first kappa shape index (κ1) is 34.2. The summed E-state index contributed by atoms with van der Waals surface area (Å²) in [6.07, 6.45) is 2.08. The summed E-state index contributed by atoms with van der Waals surface area (Å²) in [5.74, 6) is -0.254. The Morgan fingerprint density at radius 3 is 2.43 bits per heavy atom. The second kappa shape index (κ2) is 12.5. The highest BCUT2D eigenvalue weighted by atomic mass is 35.5. The van der Waals surface area contributed by atoms with E-state index in [1.54, 1.807) is 19.1 Å². The topological polar surface area (TPSA) is 119 Å². The van der Waals surface area contributed by atoms with Gasteiger partial charge >= 0.3 is 15.6 Å². The molecule has 3 heterocycles. The Kier molecular flexibility index (Phi) is 9.10. The van der Waals surface area contributed by atoms with Crippen molar-refractivity contribution in [1.29, 1.82) is 0 Å². The lowest BCUT2D eigenvalue weighted by atomic mass is 9.82. The fourth-order valence-corrected chi connectivity index (χ4v) is 6.24. The molecule has 1 saturated heterocycles. The third-order valence-electron chi connectivity index (χ3n) is 8.36. The highest BCUT2D eigenvalue weighted by Gasteiger charge is 2.48. The van der Waals surface area contributed by atoms with Crippen molar-refractivity contribution in [3.8, 4) is 17.0 Å². The quantitative estimate of drug-likeness (QED) is 0.0849. The summed E-state index contributed by atoms with van der Waals surface area (Å²) in [5.41, 5.74) is -2.63. The Morgan fingerprint density at radius 1 is 1.11 bits per heavy atom. The third kappa shape index (κ3) is 6.96. The molecule has 0 amide bonds. The van der Waals surface area contributed by atoms with Gasteiger partial charge in [-0.3, -0.25) is 9.59 Å². The van der Waals surface area contributed by atoms with Gasteiger partial charge in [0.2, 0.25) is 5.88 Å². The molecule has 1 atom stereocenters. The Balaban J connectivity index is 1.54. The minimum absolute atomic E-state index is 0.0858. The normalized spacial score (nSPS) is 15.8. The van der Waals surface area contributed by atoms with Crippen molar-refractivity contribution in [3.63, 3.8) is 0 Å². The predicted octanol–water partition coefficient (Wildman–Crippen LogP) is 7.97. The number of rotatable bonds is 8. The fraction of sp³-hybridized carbons (Fsp3) is 0.364. The molecule has 14 heteroatoms. The van der Waals surface area contributed by atoms with Crippen LogP contribution in [0.15, 0.2) is 51.7 Å². The molecule has 5 rings (SSSR count). The lowest BCUT2D eigenvalue weighted by molar-refractivity contribution is -0.0500. The fourth-order valence-electron chi connectivity index (χ4n) is 5.61. The standard InChI is InChI=1S/C33H33ClF3N3O6S/c1-18-14-23(30-24(15-18)29(42)19(2)31(45-30)40-12-10-32(4,5)11-13-40)20(3)38-25-7-9-27(34)39-28(25)21-6-8-26(22(16-21)17-41)46-47(43,44)33(35,36)37/h6-9,14-17,20,38H,10-13H2,1-5H3/t20-/m1/s1. The van der Waals surface area contributed by atoms with E-state index in [1.165, 1.54) is 12.1 Å². The largest absolute Gasteiger partial charge is 0.534 e. The predicted molar refractivity (Wildman–Crippen MR) is 175 cm³/mol. The monoisotopic (exact) mass is 691 g/mol. The van der Waals surface area contributed by atoms with Gasteiger partial charge < -0.3 is 18.8 Å². The van der Waals surface area contributed by atoms with Crippen LogP contribution < -0.4 is 19.8 Å². The Labute approximate surface area is 274 Å². The van der Waals surface area contributed by atoms with Gasteiger partial charge in [0.15, 0.2) is 17.5 Å². The molecule has 0 spiro atoms. The van der Waals surface area contributed by atoms with Crippen LogP contribution in [0.3, 0.4) is 0 Å². The number of pyridine rings is 1. The summed E-state index contributed by atoms with van der Waals surface area (Å²) in [6.45, 7) is 11.5. The number of halogens is 4. The minimum atomic E-state index is -6.01. The molecule has 1 aliphatic heterocycles. The van der Waals surface area contributed by atoms with E-state index in [4.69, 9.17) is 16.0 Å². The molecule has 0 radical (unpaired) electrons. The number of benzene rings is 2. The zero-order chi connectivity index (χ0) is 34.5. The molecule has 0 saturated carbocycles. The smallest absolute Gasteiger partial charge is 0.440 e. The van der Waals surface area contributed by atoms with E-state index in [0.29, 0.717) is 33.7 Å². The van der Waals surface area contributed by atoms with Crippen molar-refractivity contribution in [2.45, 2.75) is 59.0 Å². The number of carbonyl (C=O) groups excluding carboxylic acids is 1. The van der Waals surface area contributed by atoms with E-state index < -0.39 is 33.0 Å². The number of nitrogens with one attached hydrogen (secondary N) is 1. The SMILES string of the molecule is Cc1cc([C@@H](C)Nc2ccc(Cl)nc2-c2ccc(OS(=O)(=O)C(F)(F)F)c(C=O)c2)c2oc(N3CCC(C)(C)CC3)c(C)c(=O)c2c1. The molecule has 47 heavy (non-hydrogen) atoms. The third-order valence-corrected chi connectivity index (χ3v) is 9.54. The first-order valence-electron chi connectivity index (χ1n) is 14.8. The first-order valence-corrected chi connectivity index (χ1v) is 16.6. The number of nitrogens with zero attached hydrogens (tertiary/aromatic N) is 2. The van der Waals surface area contributed by atoms with Crippen molar-refractivity contribution in [2.75, 3.05) is 23.3 Å². The van der Waals surface area contributed by atoms with Gasteiger partial charge in [-0.15, -0.1) is 0 Å². The zero-order valence-electron chi connectivity index (χ0n) is 26.3. The van der Waals surface area contributed by atoms with Crippen LogP contribution in [0, 0.1) is 19.3 Å². The molecule has 4 aromatic rings. The van der Waals surface area contributed by atoms with Crippen LogP contribution in [-0.2, 0) is 10.1 Å². The van der Waals surface area contributed by atoms with Crippen LogP contribution in [-0.4, -0.2) is 38.3 Å². The van der Waals surface area contributed by atoms with E-state index in [0.717, 1.165) is 43.6 Å². The number of aryl methyl sites for hydroxylation is 1. The molecule has 0 aliphatic carbocycles. The van der Waals surface area contributed by atoms with Crippen molar-refractivity contribution < 1.29 is 35.0 Å². The van der Waals surface area contributed by atoms with Crippen LogP contribution in [0.5, 0.6) is 5.75 Å². The van der Waals surface area contributed by atoms with Crippen molar-refractivity contribution in [2.24, 2.45) is 5.41 Å². The van der Waals surface area contributed by atoms with Gasteiger partial charge in [-0.2, -0.15) is 21.6 Å². The molecule has 0 bridgehead atoms. The number of piperidine rings is 1. The van der Waals surface area contributed by atoms with Crippen molar-refractivity contribution in [3.05, 3.63) is 80.1 Å². The Bertz CT molecular complexity index is 2040. The van der Waals surface area contributed by atoms with Gasteiger partial charge in [0.25, 0.3) is 0 Å².